The van der Waals surface area contributed by atoms with E-state index in [2.05, 4.69) is 16.2 Å². The zero-order valence-corrected chi connectivity index (χ0v) is 11.9. The number of nitriles is 1. The van der Waals surface area contributed by atoms with E-state index in [1.54, 1.807) is 12.4 Å². The molecular formula is C15H17N5O. The van der Waals surface area contributed by atoms with E-state index in [-0.39, 0.29) is 0 Å². The fourth-order valence-corrected chi connectivity index (χ4v) is 1.72. The van der Waals surface area contributed by atoms with Crippen molar-refractivity contribution in [1.29, 1.82) is 5.26 Å². The van der Waals surface area contributed by atoms with Gasteiger partial charge in [-0.15, -0.1) is 0 Å². The van der Waals surface area contributed by atoms with Gasteiger partial charge in [-0.25, -0.2) is 9.66 Å². The zero-order valence-electron chi connectivity index (χ0n) is 11.9. The lowest BCUT2D eigenvalue weighted by atomic mass is 10.2. The summed E-state index contributed by atoms with van der Waals surface area (Å²) in [7, 11) is 0. The van der Waals surface area contributed by atoms with E-state index >= 15 is 0 Å². The van der Waals surface area contributed by atoms with Crippen LogP contribution < -0.4 is 10.5 Å². The lowest BCUT2D eigenvalue weighted by molar-refractivity contribution is 0.312. The minimum absolute atomic E-state index is 0.362. The van der Waals surface area contributed by atoms with Gasteiger partial charge in [-0.3, -0.25) is 0 Å². The Labute approximate surface area is 123 Å². The minimum Gasteiger partial charge on any atom is -0.494 e. The van der Waals surface area contributed by atoms with Gasteiger partial charge >= 0.3 is 0 Å². The zero-order chi connectivity index (χ0) is 15.1. The van der Waals surface area contributed by atoms with Crippen molar-refractivity contribution in [2.24, 2.45) is 5.10 Å². The first kappa shape index (κ1) is 14.6. The molecule has 2 rings (SSSR count). The highest BCUT2D eigenvalue weighted by Crippen LogP contribution is 2.12. The Morgan fingerprint density at radius 3 is 2.81 bits per heavy atom. The Morgan fingerprint density at radius 1 is 1.43 bits per heavy atom. The van der Waals surface area contributed by atoms with E-state index in [1.165, 1.54) is 4.68 Å². The fourth-order valence-electron chi connectivity index (χ4n) is 1.72. The third-order valence-electron chi connectivity index (χ3n) is 2.75. The van der Waals surface area contributed by atoms with E-state index in [0.717, 1.165) is 23.4 Å². The second kappa shape index (κ2) is 7.10. The van der Waals surface area contributed by atoms with Crippen LogP contribution in [0.3, 0.4) is 0 Å². The highest BCUT2D eigenvalue weighted by atomic mass is 16.5. The monoisotopic (exact) mass is 283 g/mol. The quantitative estimate of drug-likeness (QED) is 0.651. The first-order chi connectivity index (χ1) is 10.2. The summed E-state index contributed by atoms with van der Waals surface area (Å²) in [6, 6.07) is 9.64. The molecule has 1 heterocycles. The summed E-state index contributed by atoms with van der Waals surface area (Å²) in [6.07, 6.45) is 4.71. The summed E-state index contributed by atoms with van der Waals surface area (Å²) >= 11 is 0. The van der Waals surface area contributed by atoms with Crippen LogP contribution in [0.2, 0.25) is 0 Å². The van der Waals surface area contributed by atoms with Crippen molar-refractivity contribution < 1.29 is 4.74 Å². The Bertz CT molecular complexity index is 652. The highest BCUT2D eigenvalue weighted by Gasteiger charge is 1.98. The van der Waals surface area contributed by atoms with Crippen molar-refractivity contribution in [2.75, 3.05) is 12.3 Å². The number of benzene rings is 1. The van der Waals surface area contributed by atoms with Gasteiger partial charge in [0.2, 0.25) is 5.95 Å². The SMILES string of the molecule is Cc1cn(N=Cc2ccc(OCCCC#N)cc2)c(N)n1. The molecule has 0 saturated heterocycles. The van der Waals surface area contributed by atoms with Crippen LogP contribution in [0.4, 0.5) is 5.95 Å². The molecule has 0 aliphatic rings. The Morgan fingerprint density at radius 2 is 2.19 bits per heavy atom. The molecule has 0 saturated carbocycles. The lowest BCUT2D eigenvalue weighted by Crippen LogP contribution is -1.98. The average Bonchev–Trinajstić information content (AvgIpc) is 2.81. The molecule has 0 fully saturated rings. The molecule has 108 valence electrons. The number of unbranched alkanes of at least 4 members (excludes halogenated alkanes) is 1. The number of ether oxygens (including phenoxy) is 1. The molecule has 0 radical (unpaired) electrons. The van der Waals surface area contributed by atoms with Gasteiger partial charge < -0.3 is 10.5 Å². The molecule has 2 aromatic rings. The Kier molecular flexibility index (Phi) is 4.94. The van der Waals surface area contributed by atoms with E-state index in [9.17, 15) is 0 Å². The van der Waals surface area contributed by atoms with Crippen LogP contribution in [0, 0.1) is 18.3 Å². The Balaban J connectivity index is 1.93. The topological polar surface area (TPSA) is 89.2 Å². The van der Waals surface area contributed by atoms with Crippen LogP contribution in [0.25, 0.3) is 0 Å². The van der Waals surface area contributed by atoms with Crippen molar-refractivity contribution >= 4 is 12.2 Å². The van der Waals surface area contributed by atoms with Crippen LogP contribution in [-0.2, 0) is 0 Å². The van der Waals surface area contributed by atoms with Crippen LogP contribution in [-0.4, -0.2) is 22.5 Å². The molecule has 0 amide bonds. The molecule has 6 heteroatoms. The molecule has 0 aliphatic carbocycles. The minimum atomic E-state index is 0.362. The summed E-state index contributed by atoms with van der Waals surface area (Å²) < 4.78 is 7.05. The number of nitrogens with zero attached hydrogens (tertiary/aromatic N) is 4. The van der Waals surface area contributed by atoms with E-state index < -0.39 is 0 Å². The number of hydrogen-bond donors (Lipinski definition) is 1. The van der Waals surface area contributed by atoms with Gasteiger partial charge in [-0.1, -0.05) is 0 Å². The average molecular weight is 283 g/mol. The largest absolute Gasteiger partial charge is 0.494 e. The van der Waals surface area contributed by atoms with Crippen molar-refractivity contribution in [3.05, 3.63) is 41.7 Å². The van der Waals surface area contributed by atoms with Gasteiger partial charge in [0.25, 0.3) is 0 Å². The molecule has 0 unspecified atom stereocenters. The number of rotatable bonds is 6. The maximum absolute atomic E-state index is 8.44. The number of imidazole rings is 1. The van der Waals surface area contributed by atoms with Gasteiger partial charge in [0.1, 0.15) is 5.75 Å². The van der Waals surface area contributed by atoms with Crippen LogP contribution >= 0.6 is 0 Å². The molecule has 0 aliphatic heterocycles. The maximum atomic E-state index is 8.44. The van der Waals surface area contributed by atoms with Gasteiger partial charge in [0.15, 0.2) is 0 Å². The lowest BCUT2D eigenvalue weighted by Gasteiger charge is -2.04. The third-order valence-corrected chi connectivity index (χ3v) is 2.75. The van der Waals surface area contributed by atoms with Crippen molar-refractivity contribution in [2.45, 2.75) is 19.8 Å². The second-order valence-corrected chi connectivity index (χ2v) is 4.51. The number of hydrogen-bond acceptors (Lipinski definition) is 5. The van der Waals surface area contributed by atoms with E-state index in [1.807, 2.05) is 31.2 Å². The number of anilines is 1. The van der Waals surface area contributed by atoms with E-state index in [0.29, 0.717) is 19.0 Å². The van der Waals surface area contributed by atoms with E-state index in [4.69, 9.17) is 15.7 Å². The molecule has 21 heavy (non-hydrogen) atoms. The number of aryl methyl sites for hydroxylation is 1. The molecule has 0 bridgehead atoms. The molecule has 0 spiro atoms. The summed E-state index contributed by atoms with van der Waals surface area (Å²) in [4.78, 5) is 4.07. The van der Waals surface area contributed by atoms with Crippen LogP contribution in [0.1, 0.15) is 24.1 Å². The summed E-state index contributed by atoms with van der Waals surface area (Å²) in [5.74, 6) is 1.14. The Hall–Kier alpha value is -2.81. The first-order valence-corrected chi connectivity index (χ1v) is 6.64. The summed E-state index contributed by atoms with van der Waals surface area (Å²) in [5, 5.41) is 12.7. The van der Waals surface area contributed by atoms with Gasteiger partial charge in [-0.2, -0.15) is 10.4 Å². The predicted octanol–water partition coefficient (Wildman–Crippen LogP) is 2.34. The fraction of sp³-hybridized carbons (Fsp3) is 0.267. The smallest absolute Gasteiger partial charge is 0.221 e. The molecule has 1 aromatic heterocycles. The molecule has 1 aromatic carbocycles. The maximum Gasteiger partial charge on any atom is 0.221 e. The molecule has 2 N–H and O–H groups in total. The molecule has 6 nitrogen and oxygen atoms in total. The number of aromatic nitrogens is 2. The second-order valence-electron chi connectivity index (χ2n) is 4.51. The highest BCUT2D eigenvalue weighted by molar-refractivity contribution is 5.79. The molecule has 0 atom stereocenters. The van der Waals surface area contributed by atoms with Crippen LogP contribution in [0.5, 0.6) is 5.75 Å². The third kappa shape index (κ3) is 4.35. The predicted molar refractivity (Wildman–Crippen MR) is 81.2 cm³/mol. The first-order valence-electron chi connectivity index (χ1n) is 6.64. The summed E-state index contributed by atoms with van der Waals surface area (Å²) in [5.41, 5.74) is 7.46. The van der Waals surface area contributed by atoms with Gasteiger partial charge in [-0.05, 0) is 43.2 Å². The van der Waals surface area contributed by atoms with Gasteiger partial charge in [0, 0.05) is 6.42 Å². The van der Waals surface area contributed by atoms with Crippen molar-refractivity contribution in [3.63, 3.8) is 0 Å². The number of nitrogens with two attached hydrogens (primary N) is 1. The van der Waals surface area contributed by atoms with Crippen molar-refractivity contribution in [3.8, 4) is 11.8 Å². The number of nitrogen functional groups attached to an aromatic ring is 1. The van der Waals surface area contributed by atoms with Crippen LogP contribution in [0.15, 0.2) is 35.6 Å². The molecular weight excluding hydrogens is 266 g/mol. The standard InChI is InChI=1S/C15H17N5O/c1-12-11-20(15(17)19-12)18-10-13-4-6-14(7-5-13)21-9-3-2-8-16/h4-7,10-11H,2-3,9H2,1H3,(H2,17,19). The normalized spacial score (nSPS) is 10.7. The van der Waals surface area contributed by atoms with Gasteiger partial charge in [0.05, 0.1) is 30.8 Å². The van der Waals surface area contributed by atoms with Crippen molar-refractivity contribution in [1.82, 2.24) is 9.66 Å². The summed E-state index contributed by atoms with van der Waals surface area (Å²) in [6.45, 7) is 2.41.